The zero-order chi connectivity index (χ0) is 8.97. The van der Waals surface area contributed by atoms with Gasteiger partial charge in [0, 0.05) is 11.6 Å². The molecule has 0 heterocycles. The number of carbonyl (C=O) groups is 1. The monoisotopic (exact) mass is 288 g/mol. The largest absolute Gasteiger partial charge is 0.289 e. The fourth-order valence-electron chi connectivity index (χ4n) is 0.785. The van der Waals surface area contributed by atoms with Gasteiger partial charge in [-0.25, -0.2) is 0 Å². The van der Waals surface area contributed by atoms with Crippen LogP contribution in [0.2, 0.25) is 0 Å². The molecule has 62 valence electrons. The average molecular weight is 290 g/mol. The quantitative estimate of drug-likeness (QED) is 0.602. The molecule has 0 saturated carbocycles. The molecule has 1 nitrogen and oxygen atoms in total. The highest BCUT2D eigenvalue weighted by atomic mass is 79.9. The third-order valence-corrected chi connectivity index (χ3v) is 1.76. The van der Waals surface area contributed by atoms with Crippen molar-refractivity contribution < 1.29 is 4.79 Å². The number of hydrogen-bond acceptors (Lipinski definition) is 1. The van der Waals surface area contributed by atoms with Crippen LogP contribution in [0.3, 0.4) is 0 Å². The van der Waals surface area contributed by atoms with Crippen molar-refractivity contribution in [2.45, 2.75) is 0 Å². The van der Waals surface area contributed by atoms with E-state index in [1.165, 1.54) is 6.08 Å². The Labute approximate surface area is 87.7 Å². The van der Waals surface area contributed by atoms with Gasteiger partial charge in [-0.15, -0.1) is 0 Å². The molecule has 0 radical (unpaired) electrons. The Morgan fingerprint density at radius 2 is 1.75 bits per heavy atom. The Morgan fingerprint density at radius 3 is 2.25 bits per heavy atom. The fourth-order valence-corrected chi connectivity index (χ4v) is 1.20. The fraction of sp³-hybridized carbons (Fsp3) is 0. The van der Waals surface area contributed by atoms with Gasteiger partial charge >= 0.3 is 0 Å². The Morgan fingerprint density at radius 1 is 1.17 bits per heavy atom. The minimum atomic E-state index is -0.0145. The molecule has 0 bridgehead atoms. The van der Waals surface area contributed by atoms with Crippen molar-refractivity contribution in [1.29, 1.82) is 0 Å². The minimum absolute atomic E-state index is 0.0145. The molecule has 0 fully saturated rings. The molecular formula is C9H6Br2O. The van der Waals surface area contributed by atoms with Gasteiger partial charge in [-0.1, -0.05) is 30.3 Å². The first kappa shape index (κ1) is 9.68. The first-order chi connectivity index (χ1) is 5.70. The van der Waals surface area contributed by atoms with Crippen LogP contribution < -0.4 is 0 Å². The van der Waals surface area contributed by atoms with Gasteiger partial charge in [-0.2, -0.15) is 0 Å². The molecule has 0 saturated heterocycles. The van der Waals surface area contributed by atoms with E-state index in [9.17, 15) is 4.79 Å². The van der Waals surface area contributed by atoms with Crippen LogP contribution in [-0.4, -0.2) is 5.78 Å². The molecular weight excluding hydrogens is 284 g/mol. The summed E-state index contributed by atoms with van der Waals surface area (Å²) in [7, 11) is 0. The number of rotatable bonds is 2. The molecule has 0 unspecified atom stereocenters. The normalized spacial score (nSPS) is 9.17. The lowest BCUT2D eigenvalue weighted by Crippen LogP contribution is -1.92. The zero-order valence-corrected chi connectivity index (χ0v) is 9.30. The van der Waals surface area contributed by atoms with Crippen molar-refractivity contribution in [2.24, 2.45) is 0 Å². The van der Waals surface area contributed by atoms with Crippen LogP contribution >= 0.6 is 31.9 Å². The van der Waals surface area contributed by atoms with Gasteiger partial charge in [-0.3, -0.25) is 4.79 Å². The highest BCUT2D eigenvalue weighted by Gasteiger charge is 2.00. The molecule has 0 aliphatic heterocycles. The van der Waals surface area contributed by atoms with E-state index in [0.29, 0.717) is 8.96 Å². The summed E-state index contributed by atoms with van der Waals surface area (Å²) in [6.07, 6.45) is 1.48. The zero-order valence-electron chi connectivity index (χ0n) is 6.13. The van der Waals surface area contributed by atoms with E-state index >= 15 is 0 Å². The number of hydrogen-bond donors (Lipinski definition) is 0. The SMILES string of the molecule is O=C(C=C(Br)Br)c1ccccc1. The van der Waals surface area contributed by atoms with Crippen LogP contribution in [0.25, 0.3) is 0 Å². The molecule has 0 aromatic heterocycles. The van der Waals surface area contributed by atoms with Gasteiger partial charge in [0.2, 0.25) is 0 Å². The standard InChI is InChI=1S/C9H6Br2O/c10-9(11)6-8(12)7-4-2-1-3-5-7/h1-6H. The smallest absolute Gasteiger partial charge is 0.187 e. The van der Waals surface area contributed by atoms with Crippen LogP contribution in [0.5, 0.6) is 0 Å². The van der Waals surface area contributed by atoms with E-state index in [1.807, 2.05) is 18.2 Å². The van der Waals surface area contributed by atoms with E-state index < -0.39 is 0 Å². The summed E-state index contributed by atoms with van der Waals surface area (Å²) in [6.45, 7) is 0. The minimum Gasteiger partial charge on any atom is -0.289 e. The number of halogens is 2. The molecule has 0 atom stereocenters. The van der Waals surface area contributed by atoms with Gasteiger partial charge < -0.3 is 0 Å². The summed E-state index contributed by atoms with van der Waals surface area (Å²) in [5.74, 6) is -0.0145. The van der Waals surface area contributed by atoms with E-state index in [4.69, 9.17) is 0 Å². The summed E-state index contributed by atoms with van der Waals surface area (Å²) >= 11 is 6.26. The maximum atomic E-state index is 11.3. The Bertz CT molecular complexity index is 300. The number of carbonyl (C=O) groups excluding carboxylic acids is 1. The van der Waals surface area contributed by atoms with Crippen molar-refractivity contribution in [3.63, 3.8) is 0 Å². The predicted octanol–water partition coefficient (Wildman–Crippen LogP) is 3.50. The van der Waals surface area contributed by atoms with Gasteiger partial charge in [0.25, 0.3) is 0 Å². The third-order valence-electron chi connectivity index (χ3n) is 1.30. The number of allylic oxidation sites excluding steroid dienone is 1. The van der Waals surface area contributed by atoms with Crippen molar-refractivity contribution in [1.82, 2.24) is 0 Å². The third kappa shape index (κ3) is 2.91. The molecule has 3 heteroatoms. The van der Waals surface area contributed by atoms with Gasteiger partial charge in [-0.05, 0) is 31.9 Å². The topological polar surface area (TPSA) is 17.1 Å². The first-order valence-corrected chi connectivity index (χ1v) is 4.91. The van der Waals surface area contributed by atoms with Gasteiger partial charge in [0.1, 0.15) is 0 Å². The molecule has 0 aliphatic carbocycles. The van der Waals surface area contributed by atoms with Gasteiger partial charge in [0.15, 0.2) is 5.78 Å². The van der Waals surface area contributed by atoms with Crippen molar-refractivity contribution in [3.05, 3.63) is 45.4 Å². The Balaban J connectivity index is 2.87. The van der Waals surface area contributed by atoms with Crippen LogP contribution in [0.15, 0.2) is 39.8 Å². The lowest BCUT2D eigenvalue weighted by molar-refractivity contribution is 0.104. The summed E-state index contributed by atoms with van der Waals surface area (Å²) in [4.78, 5) is 11.3. The lowest BCUT2D eigenvalue weighted by Gasteiger charge is -1.92. The van der Waals surface area contributed by atoms with Crippen molar-refractivity contribution in [2.75, 3.05) is 0 Å². The second-order valence-corrected chi connectivity index (χ2v) is 4.94. The summed E-state index contributed by atoms with van der Waals surface area (Å²) < 4.78 is 0.656. The van der Waals surface area contributed by atoms with Crippen molar-refractivity contribution in [3.8, 4) is 0 Å². The lowest BCUT2D eigenvalue weighted by atomic mass is 10.1. The van der Waals surface area contributed by atoms with Crippen LogP contribution in [-0.2, 0) is 0 Å². The molecule has 0 amide bonds. The Hall–Kier alpha value is -0.410. The number of benzene rings is 1. The summed E-state index contributed by atoms with van der Waals surface area (Å²) in [6, 6.07) is 9.11. The van der Waals surface area contributed by atoms with Crippen LogP contribution in [0, 0.1) is 0 Å². The van der Waals surface area contributed by atoms with Crippen LogP contribution in [0.1, 0.15) is 10.4 Å². The first-order valence-electron chi connectivity index (χ1n) is 3.32. The number of ketones is 1. The van der Waals surface area contributed by atoms with E-state index in [1.54, 1.807) is 12.1 Å². The molecule has 0 spiro atoms. The Kier molecular flexibility index (Phi) is 3.69. The van der Waals surface area contributed by atoms with E-state index in [2.05, 4.69) is 31.9 Å². The maximum absolute atomic E-state index is 11.3. The van der Waals surface area contributed by atoms with Crippen LogP contribution in [0.4, 0.5) is 0 Å². The molecule has 0 N–H and O–H groups in total. The second kappa shape index (κ2) is 4.58. The van der Waals surface area contributed by atoms with E-state index in [-0.39, 0.29) is 5.78 Å². The van der Waals surface area contributed by atoms with E-state index in [0.717, 1.165) is 0 Å². The molecule has 1 rings (SSSR count). The predicted molar refractivity (Wildman–Crippen MR) is 56.7 cm³/mol. The molecule has 0 aliphatic rings. The summed E-state index contributed by atoms with van der Waals surface area (Å²) in [5, 5.41) is 0. The van der Waals surface area contributed by atoms with Crippen molar-refractivity contribution >= 4 is 37.6 Å². The molecule has 1 aromatic rings. The summed E-state index contributed by atoms with van der Waals surface area (Å²) in [5.41, 5.74) is 0.689. The maximum Gasteiger partial charge on any atom is 0.187 e. The highest BCUT2D eigenvalue weighted by molar-refractivity contribution is 9.28. The average Bonchev–Trinajstić information content (AvgIpc) is 2.05. The molecule has 12 heavy (non-hydrogen) atoms. The highest BCUT2D eigenvalue weighted by Crippen LogP contribution is 2.14. The van der Waals surface area contributed by atoms with Gasteiger partial charge in [0.05, 0.1) is 3.39 Å². The molecule has 1 aromatic carbocycles. The second-order valence-electron chi connectivity index (χ2n) is 2.16.